The van der Waals surface area contributed by atoms with Crippen molar-refractivity contribution in [3.05, 3.63) is 71.2 Å². The highest BCUT2D eigenvalue weighted by molar-refractivity contribution is 6.08. The number of fused-ring (bicyclic) bond motifs is 2. The van der Waals surface area contributed by atoms with Crippen molar-refractivity contribution in [2.45, 2.75) is 70.6 Å². The number of carbonyl (C=O) groups is 3. The first-order valence-electron chi connectivity index (χ1n) is 13.9. The fourth-order valence-electron chi connectivity index (χ4n) is 5.52. The molecule has 1 fully saturated rings. The van der Waals surface area contributed by atoms with Crippen molar-refractivity contribution in [3.63, 3.8) is 0 Å². The van der Waals surface area contributed by atoms with E-state index < -0.39 is 36.6 Å². The molecule has 218 valence electrons. The maximum atomic E-state index is 13.8. The Morgan fingerprint density at radius 3 is 2.57 bits per heavy atom. The van der Waals surface area contributed by atoms with Gasteiger partial charge in [0, 0.05) is 36.5 Å². The summed E-state index contributed by atoms with van der Waals surface area (Å²) in [5.74, 6) is -4.04. The number of anilines is 1. The zero-order valence-electron chi connectivity index (χ0n) is 23.8. The molecule has 2 aliphatic rings. The van der Waals surface area contributed by atoms with Gasteiger partial charge in [0.1, 0.15) is 12.0 Å². The number of alkyl halides is 2. The monoisotopic (exact) mass is 574 g/mol. The number of rotatable bonds is 5. The molecule has 5 rings (SSSR count). The average molecular weight is 575 g/mol. The summed E-state index contributed by atoms with van der Waals surface area (Å²) in [4.78, 5) is 48.8. The van der Waals surface area contributed by atoms with E-state index in [1.165, 1.54) is 6.20 Å². The van der Waals surface area contributed by atoms with Gasteiger partial charge in [-0.25, -0.2) is 20.1 Å². The lowest BCUT2D eigenvalue weighted by molar-refractivity contribution is -0.132. The van der Waals surface area contributed by atoms with E-state index >= 15 is 0 Å². The molecule has 0 saturated carbocycles. The molecule has 0 N–H and O–H groups in total. The zero-order valence-corrected chi connectivity index (χ0v) is 23.8. The smallest absolute Gasteiger partial charge is 0.414 e. The van der Waals surface area contributed by atoms with Gasteiger partial charge in [-0.3, -0.25) is 29.2 Å². The number of hydrogen-bond acceptors (Lipinski definition) is 5. The number of amides is 2. The number of nitrogens with zero attached hydrogens (tertiary/aromatic N) is 4. The molecule has 10 heteroatoms. The lowest BCUT2D eigenvalue weighted by atomic mass is 9.94. The quantitative estimate of drug-likeness (QED) is 0.251. The number of pyridine rings is 1. The minimum atomic E-state index is -3.10. The highest BCUT2D eigenvalue weighted by Gasteiger charge is 2.50. The molecular formula is C32H32F2N4O4. The van der Waals surface area contributed by atoms with Crippen LogP contribution >= 0.6 is 0 Å². The Labute approximate surface area is 243 Å². The summed E-state index contributed by atoms with van der Waals surface area (Å²) in [6, 6.07) is 13.1. The van der Waals surface area contributed by atoms with E-state index in [9.17, 15) is 23.2 Å². The second kappa shape index (κ2) is 11.1. The molecule has 0 spiro atoms. The number of hydrogen-bond donors (Lipinski definition) is 0. The predicted octanol–water partition coefficient (Wildman–Crippen LogP) is 6.67. The number of carbonyl (C=O) groups excluding carboxylic acids is 3. The Morgan fingerprint density at radius 2 is 1.83 bits per heavy atom. The maximum Gasteiger partial charge on any atom is 0.414 e. The van der Waals surface area contributed by atoms with E-state index in [2.05, 4.69) is 9.83 Å². The molecule has 0 bridgehead atoms. The van der Waals surface area contributed by atoms with Crippen LogP contribution in [0.15, 0.2) is 48.7 Å². The molecule has 2 amide bonds. The summed E-state index contributed by atoms with van der Waals surface area (Å²) in [6.07, 6.45) is 0.440. The van der Waals surface area contributed by atoms with Gasteiger partial charge in [0.2, 0.25) is 5.91 Å². The van der Waals surface area contributed by atoms with Crippen molar-refractivity contribution in [2.75, 3.05) is 18.0 Å². The van der Waals surface area contributed by atoms with Crippen LogP contribution in [-0.2, 0) is 16.0 Å². The third-order valence-corrected chi connectivity index (χ3v) is 7.47. The van der Waals surface area contributed by atoms with E-state index in [4.69, 9.17) is 11.3 Å². The maximum absolute atomic E-state index is 13.8. The Bertz CT molecular complexity index is 1610. The van der Waals surface area contributed by atoms with E-state index in [-0.39, 0.29) is 24.7 Å². The van der Waals surface area contributed by atoms with Gasteiger partial charge in [-0.2, -0.15) is 0 Å². The molecule has 0 unspecified atom stereocenters. The molecular weight excluding hydrogens is 542 g/mol. The van der Waals surface area contributed by atoms with Crippen LogP contribution < -0.4 is 4.90 Å². The second-order valence-corrected chi connectivity index (χ2v) is 11.8. The summed E-state index contributed by atoms with van der Waals surface area (Å²) < 4.78 is 33.2. The number of ether oxygens (including phenoxy) is 1. The van der Waals surface area contributed by atoms with Crippen molar-refractivity contribution in [3.8, 4) is 11.1 Å². The Morgan fingerprint density at radius 1 is 1.10 bits per heavy atom. The first kappa shape index (κ1) is 29.1. The largest absolute Gasteiger partial charge is 0.443 e. The van der Waals surface area contributed by atoms with Crippen LogP contribution in [0.1, 0.15) is 62.4 Å². The Balaban J connectivity index is 1.37. The van der Waals surface area contributed by atoms with Gasteiger partial charge in [0.15, 0.2) is 5.78 Å². The summed E-state index contributed by atoms with van der Waals surface area (Å²) in [6.45, 7) is 12.4. The highest BCUT2D eigenvalue weighted by Crippen LogP contribution is 2.35. The lowest BCUT2D eigenvalue weighted by Gasteiger charge is -2.32. The number of likely N-dealkylation sites (tertiary alicyclic amines) is 1. The minimum absolute atomic E-state index is 0.172. The number of ketones is 1. The molecule has 1 saturated heterocycles. The van der Waals surface area contributed by atoms with Crippen LogP contribution in [-0.4, -0.2) is 58.4 Å². The van der Waals surface area contributed by atoms with Gasteiger partial charge < -0.3 is 4.74 Å². The van der Waals surface area contributed by atoms with Crippen LogP contribution in [0.3, 0.4) is 0 Å². The van der Waals surface area contributed by atoms with Crippen molar-refractivity contribution >= 4 is 34.4 Å². The minimum Gasteiger partial charge on any atom is -0.443 e. The average Bonchev–Trinajstić information content (AvgIpc) is 3.28. The van der Waals surface area contributed by atoms with Crippen LogP contribution in [0.25, 0.3) is 26.9 Å². The fourth-order valence-corrected chi connectivity index (χ4v) is 5.52. The summed E-state index contributed by atoms with van der Waals surface area (Å²) >= 11 is 0. The molecule has 1 aromatic heterocycles. The molecule has 1 atom stereocenters. The fraction of sp³-hybridized carbons (Fsp3) is 0.406. The summed E-state index contributed by atoms with van der Waals surface area (Å²) in [5.41, 5.74) is 4.01. The van der Waals surface area contributed by atoms with Gasteiger partial charge in [-0.15, -0.1) is 0 Å². The standard InChI is InChI=1S/C32H32F2N4O4/c1-31(2,3)42-30(41)37-15-5-6-22-16-20(8-10-26(22)37)21-7-9-25-24(17-21)23(13-14-36-25)27(39)11-12-29(40)38-19-32(33,34)18-28(38)35-4/h7-10,13-14,16-17,28H,5-6,11-12,15,18-19H2,1-3H3/t28-/m0/s1. The SMILES string of the molecule is [C-]#[N+][C@@H]1CC(F)(F)CN1C(=O)CCC(=O)c1ccnc2ccc(-c3ccc4c(c3)CCCN4C(=O)OC(C)(C)C)cc12. The van der Waals surface area contributed by atoms with E-state index in [0.717, 1.165) is 40.1 Å². The van der Waals surface area contributed by atoms with Crippen molar-refractivity contribution in [2.24, 2.45) is 0 Å². The number of aryl methyl sites for hydroxylation is 1. The van der Waals surface area contributed by atoms with E-state index in [1.807, 2.05) is 57.2 Å². The van der Waals surface area contributed by atoms with Crippen molar-refractivity contribution < 1.29 is 27.9 Å². The molecule has 8 nitrogen and oxygen atoms in total. The van der Waals surface area contributed by atoms with Crippen molar-refractivity contribution in [1.29, 1.82) is 0 Å². The third-order valence-electron chi connectivity index (χ3n) is 7.47. The van der Waals surface area contributed by atoms with Crippen LogP contribution in [0.4, 0.5) is 19.3 Å². The number of halogens is 2. The Kier molecular flexibility index (Phi) is 7.71. The lowest BCUT2D eigenvalue weighted by Crippen LogP contribution is -2.39. The predicted molar refractivity (Wildman–Crippen MR) is 154 cm³/mol. The van der Waals surface area contributed by atoms with Crippen molar-refractivity contribution in [1.82, 2.24) is 9.88 Å². The molecule has 42 heavy (non-hydrogen) atoms. The first-order chi connectivity index (χ1) is 19.8. The van der Waals surface area contributed by atoms with Crippen LogP contribution in [0.5, 0.6) is 0 Å². The number of aromatic nitrogens is 1. The number of Topliss-reactive ketones (excluding diaryl/α,β-unsaturated/α-hetero) is 1. The molecule has 3 heterocycles. The van der Waals surface area contributed by atoms with Gasteiger partial charge >= 0.3 is 12.3 Å². The zero-order chi connectivity index (χ0) is 30.2. The highest BCUT2D eigenvalue weighted by atomic mass is 19.3. The molecule has 0 radical (unpaired) electrons. The molecule has 2 aliphatic heterocycles. The van der Waals surface area contributed by atoms with Gasteiger partial charge in [-0.1, -0.05) is 12.1 Å². The van der Waals surface area contributed by atoms with Gasteiger partial charge in [0.05, 0.1) is 17.7 Å². The third kappa shape index (κ3) is 6.10. The topological polar surface area (TPSA) is 84.2 Å². The summed E-state index contributed by atoms with van der Waals surface area (Å²) in [7, 11) is 0. The molecule has 3 aromatic rings. The van der Waals surface area contributed by atoms with E-state index in [0.29, 0.717) is 23.0 Å². The van der Waals surface area contributed by atoms with Crippen LogP contribution in [0.2, 0.25) is 0 Å². The number of benzene rings is 2. The van der Waals surface area contributed by atoms with Gasteiger partial charge in [-0.05, 0) is 80.6 Å². The van der Waals surface area contributed by atoms with E-state index in [1.54, 1.807) is 11.0 Å². The van der Waals surface area contributed by atoms with Gasteiger partial charge in [0.25, 0.3) is 5.92 Å². The summed E-state index contributed by atoms with van der Waals surface area (Å²) in [5, 5.41) is 0.618. The van der Waals surface area contributed by atoms with Crippen LogP contribution in [0, 0.1) is 6.57 Å². The second-order valence-electron chi connectivity index (χ2n) is 11.8. The normalized spacial score (nSPS) is 18.0. The Hall–Kier alpha value is -4.39. The first-order valence-corrected chi connectivity index (χ1v) is 13.9. The molecule has 0 aliphatic carbocycles. The molecule has 2 aromatic carbocycles.